The van der Waals surface area contributed by atoms with Crippen molar-refractivity contribution in [1.29, 1.82) is 0 Å². The lowest BCUT2D eigenvalue weighted by Crippen LogP contribution is -1.78. The Morgan fingerprint density at radius 2 is 1.06 bits per heavy atom. The number of hydrogen-bond donors (Lipinski definition) is 2. The molecule has 0 spiro atoms. The quantitative estimate of drug-likeness (QED) is 0.490. The molecule has 2 aromatic heterocycles. The van der Waals surface area contributed by atoms with Crippen molar-refractivity contribution in [3.05, 3.63) is 60.9 Å². The minimum atomic E-state index is 1.18. The molecule has 0 aliphatic heterocycles. The maximum atomic E-state index is 3.25. The largest absolute Gasteiger partial charge is 0.361 e. The summed E-state index contributed by atoms with van der Waals surface area (Å²) in [5.74, 6) is 0. The van der Waals surface area contributed by atoms with E-state index in [-0.39, 0.29) is 0 Å². The van der Waals surface area contributed by atoms with Crippen molar-refractivity contribution < 1.29 is 0 Å². The molecule has 18 heavy (non-hydrogen) atoms. The van der Waals surface area contributed by atoms with Crippen LogP contribution in [0.25, 0.3) is 32.9 Å². The molecule has 0 aliphatic carbocycles. The topological polar surface area (TPSA) is 31.6 Å². The van der Waals surface area contributed by atoms with Crippen molar-refractivity contribution in [2.24, 2.45) is 0 Å². The number of rotatable bonds is 1. The predicted molar refractivity (Wildman–Crippen MR) is 75.6 cm³/mol. The van der Waals surface area contributed by atoms with Gasteiger partial charge >= 0.3 is 0 Å². The van der Waals surface area contributed by atoms with E-state index in [4.69, 9.17) is 0 Å². The van der Waals surface area contributed by atoms with Gasteiger partial charge in [0.25, 0.3) is 0 Å². The monoisotopic (exact) mass is 232 g/mol. The highest BCUT2D eigenvalue weighted by Gasteiger charge is 2.02. The average molecular weight is 232 g/mol. The van der Waals surface area contributed by atoms with Crippen LogP contribution in [0.3, 0.4) is 0 Å². The van der Waals surface area contributed by atoms with Crippen LogP contribution in [0.1, 0.15) is 0 Å². The van der Waals surface area contributed by atoms with Gasteiger partial charge in [-0.05, 0) is 46.2 Å². The third-order valence-corrected chi connectivity index (χ3v) is 3.44. The summed E-state index contributed by atoms with van der Waals surface area (Å²) in [6.07, 6.45) is 3.95. The molecule has 0 radical (unpaired) electrons. The molecule has 0 saturated carbocycles. The smallest absolute Gasteiger partial charge is 0.0460 e. The van der Waals surface area contributed by atoms with Crippen molar-refractivity contribution in [2.75, 3.05) is 0 Å². The third kappa shape index (κ3) is 1.36. The molecule has 0 atom stereocenters. The van der Waals surface area contributed by atoms with E-state index in [1.165, 1.54) is 32.9 Å². The van der Waals surface area contributed by atoms with E-state index in [1.807, 2.05) is 12.4 Å². The van der Waals surface area contributed by atoms with Gasteiger partial charge in [0.05, 0.1) is 0 Å². The Morgan fingerprint density at radius 3 is 1.56 bits per heavy atom. The van der Waals surface area contributed by atoms with Gasteiger partial charge in [0, 0.05) is 23.4 Å². The maximum absolute atomic E-state index is 3.25. The van der Waals surface area contributed by atoms with Gasteiger partial charge in [-0.1, -0.05) is 24.3 Å². The van der Waals surface area contributed by atoms with E-state index in [9.17, 15) is 0 Å². The van der Waals surface area contributed by atoms with Crippen molar-refractivity contribution in [2.45, 2.75) is 0 Å². The van der Waals surface area contributed by atoms with Gasteiger partial charge in [-0.3, -0.25) is 0 Å². The van der Waals surface area contributed by atoms with E-state index in [1.54, 1.807) is 0 Å². The summed E-state index contributed by atoms with van der Waals surface area (Å²) in [5, 5.41) is 2.50. The Kier molecular flexibility index (Phi) is 1.86. The second-order valence-corrected chi connectivity index (χ2v) is 4.56. The van der Waals surface area contributed by atoms with Crippen LogP contribution in [0, 0.1) is 0 Å². The van der Waals surface area contributed by atoms with Crippen LogP contribution < -0.4 is 0 Å². The fourth-order valence-corrected chi connectivity index (χ4v) is 2.45. The average Bonchev–Trinajstić information content (AvgIpc) is 3.05. The molecule has 4 rings (SSSR count). The maximum Gasteiger partial charge on any atom is 0.0460 e. The summed E-state index contributed by atoms with van der Waals surface area (Å²) in [6.45, 7) is 0. The van der Waals surface area contributed by atoms with Crippen molar-refractivity contribution in [1.82, 2.24) is 9.97 Å². The van der Waals surface area contributed by atoms with E-state index >= 15 is 0 Å². The molecule has 0 aliphatic rings. The summed E-state index contributed by atoms with van der Waals surface area (Å²) in [7, 11) is 0. The summed E-state index contributed by atoms with van der Waals surface area (Å²) in [5.41, 5.74) is 4.83. The molecule has 0 unspecified atom stereocenters. The van der Waals surface area contributed by atoms with Crippen LogP contribution in [0.5, 0.6) is 0 Å². The first-order valence-corrected chi connectivity index (χ1v) is 6.05. The van der Waals surface area contributed by atoms with Crippen LogP contribution in [0.15, 0.2) is 60.9 Å². The molecular weight excluding hydrogens is 220 g/mol. The number of aromatic nitrogens is 2. The minimum absolute atomic E-state index is 1.18. The SMILES string of the molecule is c1cc2ccc(-c3ccc4cc[nH]c4c3)cc2[nH]1. The molecule has 2 aromatic carbocycles. The normalized spacial score (nSPS) is 11.3. The van der Waals surface area contributed by atoms with Gasteiger partial charge in [-0.25, -0.2) is 0 Å². The Labute approximate surface area is 104 Å². The van der Waals surface area contributed by atoms with Gasteiger partial charge in [-0.2, -0.15) is 0 Å². The number of H-pyrrole nitrogens is 2. The summed E-state index contributed by atoms with van der Waals surface area (Å²) in [6, 6.07) is 17.2. The summed E-state index contributed by atoms with van der Waals surface area (Å²) in [4.78, 5) is 6.51. The fraction of sp³-hybridized carbons (Fsp3) is 0. The van der Waals surface area contributed by atoms with Crippen molar-refractivity contribution in [3.63, 3.8) is 0 Å². The van der Waals surface area contributed by atoms with Gasteiger partial charge in [0.1, 0.15) is 0 Å². The molecule has 0 fully saturated rings. The zero-order chi connectivity index (χ0) is 11.9. The third-order valence-electron chi connectivity index (χ3n) is 3.44. The Hall–Kier alpha value is -2.48. The van der Waals surface area contributed by atoms with Crippen LogP contribution >= 0.6 is 0 Å². The highest BCUT2D eigenvalue weighted by atomic mass is 14.7. The molecule has 2 heterocycles. The zero-order valence-corrected chi connectivity index (χ0v) is 9.77. The summed E-state index contributed by atoms with van der Waals surface area (Å²) >= 11 is 0. The van der Waals surface area contributed by atoms with E-state index in [0.717, 1.165) is 0 Å². The molecule has 86 valence electrons. The second kappa shape index (κ2) is 3.50. The molecule has 2 nitrogen and oxygen atoms in total. The van der Waals surface area contributed by atoms with Crippen LogP contribution in [-0.2, 0) is 0 Å². The van der Waals surface area contributed by atoms with Gasteiger partial charge in [0.2, 0.25) is 0 Å². The van der Waals surface area contributed by atoms with Crippen LogP contribution in [0.2, 0.25) is 0 Å². The molecule has 2 N–H and O–H groups in total. The number of benzene rings is 2. The first-order chi connectivity index (χ1) is 8.90. The fourth-order valence-electron chi connectivity index (χ4n) is 2.45. The lowest BCUT2D eigenvalue weighted by Gasteiger charge is -2.02. The molecule has 4 aromatic rings. The van der Waals surface area contributed by atoms with Gasteiger partial charge in [0.15, 0.2) is 0 Å². The zero-order valence-electron chi connectivity index (χ0n) is 9.77. The van der Waals surface area contributed by atoms with Crippen molar-refractivity contribution >= 4 is 21.8 Å². The number of fused-ring (bicyclic) bond motifs is 2. The summed E-state index contributed by atoms with van der Waals surface area (Å²) < 4.78 is 0. The number of aromatic amines is 2. The second-order valence-electron chi connectivity index (χ2n) is 4.56. The van der Waals surface area contributed by atoms with Crippen molar-refractivity contribution in [3.8, 4) is 11.1 Å². The molecular formula is C16H12N2. The molecule has 2 heteroatoms. The number of nitrogens with one attached hydrogen (secondary N) is 2. The van der Waals surface area contributed by atoms with Crippen LogP contribution in [-0.4, -0.2) is 9.97 Å². The standard InChI is InChI=1S/C16H12N2/c1-3-13(9-15-11(1)5-7-17-15)14-4-2-12-6-8-18-16(12)10-14/h1-10,17-18H. The Bertz CT molecular complexity index is 764. The molecule has 0 bridgehead atoms. The Balaban J connectivity index is 1.93. The lowest BCUT2D eigenvalue weighted by molar-refractivity contribution is 1.47. The highest BCUT2D eigenvalue weighted by molar-refractivity contribution is 5.88. The highest BCUT2D eigenvalue weighted by Crippen LogP contribution is 2.26. The van der Waals surface area contributed by atoms with Gasteiger partial charge in [-0.15, -0.1) is 0 Å². The lowest BCUT2D eigenvalue weighted by atomic mass is 10.0. The minimum Gasteiger partial charge on any atom is -0.361 e. The number of hydrogen-bond acceptors (Lipinski definition) is 0. The van der Waals surface area contributed by atoms with Gasteiger partial charge < -0.3 is 9.97 Å². The first-order valence-electron chi connectivity index (χ1n) is 6.05. The first kappa shape index (κ1) is 9.54. The van der Waals surface area contributed by atoms with E-state index < -0.39 is 0 Å². The molecule has 0 saturated heterocycles. The van der Waals surface area contributed by atoms with Crippen LogP contribution in [0.4, 0.5) is 0 Å². The van der Waals surface area contributed by atoms with E-state index in [2.05, 4.69) is 58.5 Å². The Morgan fingerprint density at radius 1 is 0.556 bits per heavy atom. The molecule has 0 amide bonds. The van der Waals surface area contributed by atoms with E-state index in [0.29, 0.717) is 0 Å². The predicted octanol–water partition coefficient (Wildman–Crippen LogP) is 4.32.